The molecule has 0 fully saturated rings. The number of rotatable bonds is 3. The summed E-state index contributed by atoms with van der Waals surface area (Å²) in [5.74, 6) is 0. The zero-order chi connectivity index (χ0) is 14.0. The second kappa shape index (κ2) is 5.64. The van der Waals surface area contributed by atoms with Crippen LogP contribution in [0.3, 0.4) is 0 Å². The van der Waals surface area contributed by atoms with Crippen molar-refractivity contribution < 1.29 is 0 Å². The molecule has 2 nitrogen and oxygen atoms in total. The van der Waals surface area contributed by atoms with Crippen LogP contribution in [0, 0.1) is 25.2 Å². The molecule has 0 amide bonds. The quantitative estimate of drug-likeness (QED) is 0.857. The molecule has 98 valence electrons. The molecule has 0 aliphatic heterocycles. The van der Waals surface area contributed by atoms with E-state index in [9.17, 15) is 0 Å². The molecule has 0 radical (unpaired) electrons. The zero-order valence-corrected chi connectivity index (χ0v) is 12.7. The average molecular weight is 291 g/mol. The van der Waals surface area contributed by atoms with Gasteiger partial charge in [-0.05, 0) is 50.6 Å². The molecule has 1 N–H and O–H groups in total. The van der Waals surface area contributed by atoms with Crippen LogP contribution < -0.4 is 5.32 Å². The number of aryl methyl sites for hydroxylation is 2. The molecule has 19 heavy (non-hydrogen) atoms. The Balaban J connectivity index is 2.27. The van der Waals surface area contributed by atoms with Crippen molar-refractivity contribution in [1.29, 1.82) is 5.26 Å². The Hall–Kier alpha value is -1.50. The maximum atomic E-state index is 9.14. The summed E-state index contributed by atoms with van der Waals surface area (Å²) in [6.45, 7) is 6.33. The van der Waals surface area contributed by atoms with Gasteiger partial charge in [0, 0.05) is 20.8 Å². The highest BCUT2D eigenvalue weighted by atomic mass is 35.5. The van der Waals surface area contributed by atoms with Crippen LogP contribution in [-0.4, -0.2) is 0 Å². The molecule has 1 aromatic heterocycles. The van der Waals surface area contributed by atoms with E-state index in [0.29, 0.717) is 10.6 Å². The van der Waals surface area contributed by atoms with Crippen LogP contribution in [0.5, 0.6) is 0 Å². The third-order valence-corrected chi connectivity index (χ3v) is 4.24. The standard InChI is InChI=1S/C15H15ClN2S/c1-9-6-14(11(3)19-9)10(2)18-15-5-4-13(16)7-12(15)8-17/h4-7,10,18H,1-3H3. The maximum Gasteiger partial charge on any atom is 0.101 e. The van der Waals surface area contributed by atoms with Gasteiger partial charge in [-0.15, -0.1) is 11.3 Å². The van der Waals surface area contributed by atoms with Gasteiger partial charge in [0.2, 0.25) is 0 Å². The number of nitriles is 1. The summed E-state index contributed by atoms with van der Waals surface area (Å²) < 4.78 is 0. The molecule has 0 saturated heterocycles. The predicted molar refractivity (Wildman–Crippen MR) is 82.0 cm³/mol. The lowest BCUT2D eigenvalue weighted by Crippen LogP contribution is -2.07. The van der Waals surface area contributed by atoms with Gasteiger partial charge in [-0.1, -0.05) is 11.6 Å². The molecule has 2 aromatic rings. The first kappa shape index (κ1) is 13.9. The lowest BCUT2D eigenvalue weighted by molar-refractivity contribution is 0.881. The highest BCUT2D eigenvalue weighted by molar-refractivity contribution is 7.12. The normalized spacial score (nSPS) is 11.9. The fourth-order valence-corrected chi connectivity index (χ4v) is 3.32. The minimum absolute atomic E-state index is 0.165. The summed E-state index contributed by atoms with van der Waals surface area (Å²) in [5, 5.41) is 13.1. The van der Waals surface area contributed by atoms with Gasteiger partial charge in [0.25, 0.3) is 0 Å². The van der Waals surface area contributed by atoms with E-state index in [4.69, 9.17) is 16.9 Å². The van der Waals surface area contributed by atoms with Crippen LogP contribution in [0.1, 0.15) is 33.8 Å². The highest BCUT2D eigenvalue weighted by Crippen LogP contribution is 2.30. The van der Waals surface area contributed by atoms with E-state index < -0.39 is 0 Å². The number of nitrogens with zero attached hydrogens (tertiary/aromatic N) is 1. The highest BCUT2D eigenvalue weighted by Gasteiger charge is 2.13. The second-order valence-electron chi connectivity index (χ2n) is 4.54. The fraction of sp³-hybridized carbons (Fsp3) is 0.267. The molecular weight excluding hydrogens is 276 g/mol. The van der Waals surface area contributed by atoms with Gasteiger partial charge in [-0.3, -0.25) is 0 Å². The molecule has 0 bridgehead atoms. The summed E-state index contributed by atoms with van der Waals surface area (Å²) in [4.78, 5) is 2.61. The van der Waals surface area contributed by atoms with Crippen molar-refractivity contribution in [3.63, 3.8) is 0 Å². The molecule has 1 aromatic carbocycles. The SMILES string of the molecule is Cc1cc(C(C)Nc2ccc(Cl)cc2C#N)c(C)s1. The van der Waals surface area contributed by atoms with E-state index in [2.05, 4.69) is 38.2 Å². The minimum atomic E-state index is 0.165. The maximum absolute atomic E-state index is 9.14. The molecule has 2 rings (SSSR count). The van der Waals surface area contributed by atoms with Crippen LogP contribution in [0.15, 0.2) is 24.3 Å². The van der Waals surface area contributed by atoms with Gasteiger partial charge in [-0.25, -0.2) is 0 Å². The molecule has 1 heterocycles. The van der Waals surface area contributed by atoms with Gasteiger partial charge in [0.15, 0.2) is 0 Å². The monoisotopic (exact) mass is 290 g/mol. The van der Waals surface area contributed by atoms with Crippen molar-refractivity contribution in [2.45, 2.75) is 26.8 Å². The number of hydrogen-bond acceptors (Lipinski definition) is 3. The van der Waals surface area contributed by atoms with Crippen molar-refractivity contribution >= 4 is 28.6 Å². The molecule has 0 aliphatic rings. The first-order chi connectivity index (χ1) is 9.01. The van der Waals surface area contributed by atoms with Crippen LogP contribution >= 0.6 is 22.9 Å². The van der Waals surface area contributed by atoms with Crippen molar-refractivity contribution in [2.24, 2.45) is 0 Å². The Labute approximate surface area is 122 Å². The predicted octanol–water partition coefficient (Wildman–Crippen LogP) is 5.06. The van der Waals surface area contributed by atoms with Crippen LogP contribution in [0.25, 0.3) is 0 Å². The first-order valence-electron chi connectivity index (χ1n) is 6.04. The van der Waals surface area contributed by atoms with E-state index in [1.165, 1.54) is 15.3 Å². The van der Waals surface area contributed by atoms with Crippen molar-refractivity contribution in [2.75, 3.05) is 5.32 Å². The van der Waals surface area contributed by atoms with E-state index >= 15 is 0 Å². The average Bonchev–Trinajstić information content (AvgIpc) is 2.70. The number of hydrogen-bond donors (Lipinski definition) is 1. The molecular formula is C15H15ClN2S. The molecule has 0 aliphatic carbocycles. The lowest BCUT2D eigenvalue weighted by atomic mass is 10.1. The van der Waals surface area contributed by atoms with E-state index in [0.717, 1.165) is 5.69 Å². The summed E-state index contributed by atoms with van der Waals surface area (Å²) in [6, 6.07) is 9.86. The Morgan fingerprint density at radius 2 is 2.05 bits per heavy atom. The molecule has 0 spiro atoms. The van der Waals surface area contributed by atoms with E-state index in [-0.39, 0.29) is 6.04 Å². The van der Waals surface area contributed by atoms with Crippen LogP contribution in [-0.2, 0) is 0 Å². The molecule has 1 atom stereocenters. The third kappa shape index (κ3) is 3.09. The van der Waals surface area contributed by atoms with Gasteiger partial charge in [0.1, 0.15) is 6.07 Å². The van der Waals surface area contributed by atoms with Gasteiger partial charge in [-0.2, -0.15) is 5.26 Å². The first-order valence-corrected chi connectivity index (χ1v) is 7.24. The number of halogens is 1. The van der Waals surface area contributed by atoms with Gasteiger partial charge < -0.3 is 5.32 Å². The minimum Gasteiger partial charge on any atom is -0.377 e. The molecule has 1 unspecified atom stereocenters. The summed E-state index contributed by atoms with van der Waals surface area (Å²) in [6.07, 6.45) is 0. The Bertz CT molecular complexity index is 640. The number of anilines is 1. The summed E-state index contributed by atoms with van der Waals surface area (Å²) in [5.41, 5.74) is 2.67. The summed E-state index contributed by atoms with van der Waals surface area (Å²) >= 11 is 7.69. The van der Waals surface area contributed by atoms with Gasteiger partial charge >= 0.3 is 0 Å². The van der Waals surface area contributed by atoms with Crippen molar-refractivity contribution in [1.82, 2.24) is 0 Å². The number of benzene rings is 1. The Morgan fingerprint density at radius 3 is 2.63 bits per heavy atom. The van der Waals surface area contributed by atoms with Crippen molar-refractivity contribution in [3.05, 3.63) is 50.2 Å². The molecule has 4 heteroatoms. The van der Waals surface area contributed by atoms with Crippen LogP contribution in [0.4, 0.5) is 5.69 Å². The second-order valence-corrected chi connectivity index (χ2v) is 6.43. The molecule has 0 saturated carbocycles. The zero-order valence-electron chi connectivity index (χ0n) is 11.1. The van der Waals surface area contributed by atoms with Crippen LogP contribution in [0.2, 0.25) is 5.02 Å². The Morgan fingerprint density at radius 1 is 1.32 bits per heavy atom. The lowest BCUT2D eigenvalue weighted by Gasteiger charge is -2.16. The largest absolute Gasteiger partial charge is 0.377 e. The topological polar surface area (TPSA) is 35.8 Å². The smallest absolute Gasteiger partial charge is 0.101 e. The van der Waals surface area contributed by atoms with Gasteiger partial charge in [0.05, 0.1) is 11.3 Å². The van der Waals surface area contributed by atoms with E-state index in [1.54, 1.807) is 23.5 Å². The van der Waals surface area contributed by atoms with Crippen molar-refractivity contribution in [3.8, 4) is 6.07 Å². The third-order valence-electron chi connectivity index (χ3n) is 3.02. The Kier molecular flexibility index (Phi) is 4.14. The number of nitrogens with one attached hydrogen (secondary N) is 1. The fourth-order valence-electron chi connectivity index (χ4n) is 2.13. The number of thiophene rings is 1. The summed E-state index contributed by atoms with van der Waals surface area (Å²) in [7, 11) is 0. The van der Waals surface area contributed by atoms with E-state index in [1.807, 2.05) is 6.07 Å².